The molecule has 1 amide bonds. The van der Waals surface area contributed by atoms with Gasteiger partial charge in [-0.1, -0.05) is 18.2 Å². The van der Waals surface area contributed by atoms with Crippen LogP contribution in [0.3, 0.4) is 0 Å². The van der Waals surface area contributed by atoms with Gasteiger partial charge in [0.2, 0.25) is 0 Å². The second-order valence-corrected chi connectivity index (χ2v) is 5.43. The van der Waals surface area contributed by atoms with Gasteiger partial charge in [-0.25, -0.2) is 0 Å². The van der Waals surface area contributed by atoms with Crippen LogP contribution in [0.25, 0.3) is 10.9 Å². The number of anilines is 2. The maximum atomic E-state index is 12.4. The number of carbonyl (C=O) groups excluding carboxylic acids is 1. The molecule has 0 atom stereocenters. The Hall–Kier alpha value is -2.40. The first-order valence-electron chi connectivity index (χ1n) is 6.35. The van der Waals surface area contributed by atoms with Crippen molar-refractivity contribution in [3.8, 4) is 0 Å². The number of pyridine rings is 1. The zero-order valence-corrected chi connectivity index (χ0v) is 12.6. The molecule has 0 aliphatic heterocycles. The van der Waals surface area contributed by atoms with Gasteiger partial charge in [-0.3, -0.25) is 9.78 Å². The van der Waals surface area contributed by atoms with Gasteiger partial charge in [-0.05, 0) is 46.3 Å². The maximum Gasteiger partial charge on any atom is 0.257 e. The van der Waals surface area contributed by atoms with Crippen LogP contribution in [-0.2, 0) is 0 Å². The number of halogens is 1. The number of carbonyl (C=O) groups is 1. The number of nitrogens with two attached hydrogens (primary N) is 1. The van der Waals surface area contributed by atoms with E-state index in [-0.39, 0.29) is 5.91 Å². The van der Waals surface area contributed by atoms with Gasteiger partial charge in [0.1, 0.15) is 0 Å². The van der Waals surface area contributed by atoms with E-state index in [9.17, 15) is 4.79 Å². The zero-order valence-electron chi connectivity index (χ0n) is 11.0. The summed E-state index contributed by atoms with van der Waals surface area (Å²) in [6, 6.07) is 14.6. The van der Waals surface area contributed by atoms with Crippen molar-refractivity contribution in [2.75, 3.05) is 11.1 Å². The Balaban J connectivity index is 1.95. The molecule has 3 N–H and O–H groups in total. The Morgan fingerprint density at radius 1 is 1.14 bits per heavy atom. The number of nitrogens with one attached hydrogen (secondary N) is 1. The van der Waals surface area contributed by atoms with E-state index in [1.807, 2.05) is 24.3 Å². The topological polar surface area (TPSA) is 68.0 Å². The number of aromatic nitrogens is 1. The highest BCUT2D eigenvalue weighted by atomic mass is 79.9. The molecule has 5 heteroatoms. The molecule has 0 radical (unpaired) electrons. The van der Waals surface area contributed by atoms with Gasteiger partial charge < -0.3 is 11.1 Å². The van der Waals surface area contributed by atoms with E-state index in [4.69, 9.17) is 5.73 Å². The first kappa shape index (κ1) is 13.6. The van der Waals surface area contributed by atoms with E-state index in [2.05, 4.69) is 26.2 Å². The van der Waals surface area contributed by atoms with Gasteiger partial charge in [-0.15, -0.1) is 0 Å². The summed E-state index contributed by atoms with van der Waals surface area (Å²) in [4.78, 5) is 16.7. The minimum absolute atomic E-state index is 0.207. The fourth-order valence-electron chi connectivity index (χ4n) is 2.11. The van der Waals surface area contributed by atoms with Crippen LogP contribution in [0.15, 0.2) is 59.2 Å². The summed E-state index contributed by atoms with van der Waals surface area (Å²) in [6.45, 7) is 0. The second-order valence-electron chi connectivity index (χ2n) is 4.57. The van der Waals surface area contributed by atoms with Gasteiger partial charge in [0.05, 0.1) is 11.1 Å². The standard InChI is InChI=1S/C16H12BrN3O/c17-13-7-6-11(9-14(13)18)20-16(21)12-5-1-3-10-4-2-8-19-15(10)12/h1-9H,18H2,(H,20,21). The maximum absolute atomic E-state index is 12.4. The largest absolute Gasteiger partial charge is 0.398 e. The molecule has 3 rings (SSSR count). The molecule has 0 unspecified atom stereocenters. The summed E-state index contributed by atoms with van der Waals surface area (Å²) < 4.78 is 0.798. The second kappa shape index (κ2) is 5.54. The molecule has 0 aliphatic rings. The highest BCUT2D eigenvalue weighted by Crippen LogP contribution is 2.24. The monoisotopic (exact) mass is 341 g/mol. The van der Waals surface area contributed by atoms with Gasteiger partial charge >= 0.3 is 0 Å². The van der Waals surface area contributed by atoms with Crippen molar-refractivity contribution < 1.29 is 4.79 Å². The SMILES string of the molecule is Nc1cc(NC(=O)c2cccc3cccnc23)ccc1Br. The van der Waals surface area contributed by atoms with Crippen molar-refractivity contribution in [2.45, 2.75) is 0 Å². The summed E-state index contributed by atoms with van der Waals surface area (Å²) in [5, 5.41) is 3.77. The van der Waals surface area contributed by atoms with E-state index in [1.165, 1.54) is 0 Å². The number of hydrogen-bond donors (Lipinski definition) is 2. The summed E-state index contributed by atoms with van der Waals surface area (Å²) >= 11 is 3.33. The third kappa shape index (κ3) is 2.73. The van der Waals surface area contributed by atoms with E-state index in [1.54, 1.807) is 30.5 Å². The molecule has 0 saturated carbocycles. The predicted molar refractivity (Wildman–Crippen MR) is 88.3 cm³/mol. The van der Waals surface area contributed by atoms with E-state index in [0.717, 1.165) is 9.86 Å². The molecule has 1 heterocycles. The highest BCUT2D eigenvalue weighted by Gasteiger charge is 2.11. The number of hydrogen-bond acceptors (Lipinski definition) is 3. The predicted octanol–water partition coefficient (Wildman–Crippen LogP) is 3.83. The smallest absolute Gasteiger partial charge is 0.257 e. The minimum atomic E-state index is -0.207. The van der Waals surface area contributed by atoms with Crippen molar-refractivity contribution in [1.82, 2.24) is 4.98 Å². The third-order valence-electron chi connectivity index (χ3n) is 3.13. The number of amides is 1. The van der Waals surface area contributed by atoms with Crippen molar-refractivity contribution in [3.05, 3.63) is 64.8 Å². The highest BCUT2D eigenvalue weighted by molar-refractivity contribution is 9.10. The van der Waals surface area contributed by atoms with Crippen LogP contribution in [-0.4, -0.2) is 10.9 Å². The fraction of sp³-hybridized carbons (Fsp3) is 0. The van der Waals surface area contributed by atoms with Crippen LogP contribution in [0.5, 0.6) is 0 Å². The lowest BCUT2D eigenvalue weighted by Gasteiger charge is -2.08. The Morgan fingerprint density at radius 2 is 1.95 bits per heavy atom. The van der Waals surface area contributed by atoms with Crippen molar-refractivity contribution in [2.24, 2.45) is 0 Å². The van der Waals surface area contributed by atoms with E-state index in [0.29, 0.717) is 22.5 Å². The molecule has 0 spiro atoms. The fourth-order valence-corrected chi connectivity index (χ4v) is 2.35. The van der Waals surface area contributed by atoms with Crippen molar-refractivity contribution in [3.63, 3.8) is 0 Å². The number of fused-ring (bicyclic) bond motifs is 1. The molecule has 2 aromatic carbocycles. The average molecular weight is 342 g/mol. The number of nitrogen functional groups attached to an aromatic ring is 1. The van der Waals surface area contributed by atoms with Crippen LogP contribution in [0.2, 0.25) is 0 Å². The van der Waals surface area contributed by atoms with Crippen LogP contribution >= 0.6 is 15.9 Å². The lowest BCUT2D eigenvalue weighted by Crippen LogP contribution is -2.13. The first-order chi connectivity index (χ1) is 10.1. The summed E-state index contributed by atoms with van der Waals surface area (Å²) in [7, 11) is 0. The Bertz CT molecular complexity index is 827. The number of benzene rings is 2. The molecule has 0 saturated heterocycles. The molecular weight excluding hydrogens is 330 g/mol. The Kier molecular flexibility index (Phi) is 3.58. The van der Waals surface area contributed by atoms with Gasteiger partial charge in [0.15, 0.2) is 0 Å². The van der Waals surface area contributed by atoms with E-state index < -0.39 is 0 Å². The summed E-state index contributed by atoms with van der Waals surface area (Å²) in [5.74, 6) is -0.207. The van der Waals surface area contributed by atoms with Gasteiger partial charge in [-0.2, -0.15) is 0 Å². The van der Waals surface area contributed by atoms with Crippen LogP contribution < -0.4 is 11.1 Å². The first-order valence-corrected chi connectivity index (χ1v) is 7.14. The molecule has 104 valence electrons. The molecule has 1 aromatic heterocycles. The van der Waals surface area contributed by atoms with Crippen LogP contribution in [0, 0.1) is 0 Å². The van der Waals surface area contributed by atoms with Crippen molar-refractivity contribution >= 4 is 44.1 Å². The third-order valence-corrected chi connectivity index (χ3v) is 3.85. The molecule has 0 bridgehead atoms. The molecule has 0 fully saturated rings. The molecule has 21 heavy (non-hydrogen) atoms. The van der Waals surface area contributed by atoms with Crippen LogP contribution in [0.4, 0.5) is 11.4 Å². The molecule has 3 aromatic rings. The Morgan fingerprint density at radius 3 is 2.76 bits per heavy atom. The van der Waals surface area contributed by atoms with Gasteiger partial charge in [0, 0.05) is 27.4 Å². The lowest BCUT2D eigenvalue weighted by molar-refractivity contribution is 0.102. The molecule has 0 aliphatic carbocycles. The minimum Gasteiger partial charge on any atom is -0.398 e. The molecular formula is C16H12BrN3O. The molecule has 4 nitrogen and oxygen atoms in total. The normalized spacial score (nSPS) is 10.5. The summed E-state index contributed by atoms with van der Waals surface area (Å²) in [5.41, 5.74) is 8.25. The average Bonchev–Trinajstić information content (AvgIpc) is 2.50. The summed E-state index contributed by atoms with van der Waals surface area (Å²) in [6.07, 6.45) is 1.68. The number of nitrogens with zero attached hydrogens (tertiary/aromatic N) is 1. The zero-order chi connectivity index (χ0) is 14.8. The number of rotatable bonds is 2. The van der Waals surface area contributed by atoms with Crippen LogP contribution in [0.1, 0.15) is 10.4 Å². The van der Waals surface area contributed by atoms with E-state index >= 15 is 0 Å². The lowest BCUT2D eigenvalue weighted by atomic mass is 10.1. The quantitative estimate of drug-likeness (QED) is 0.696. The Labute approximate surface area is 130 Å². The van der Waals surface area contributed by atoms with Gasteiger partial charge in [0.25, 0.3) is 5.91 Å². The van der Waals surface area contributed by atoms with Crippen molar-refractivity contribution in [1.29, 1.82) is 0 Å². The number of para-hydroxylation sites is 1.